The van der Waals surface area contributed by atoms with Crippen molar-refractivity contribution in [2.24, 2.45) is 5.73 Å². The van der Waals surface area contributed by atoms with Gasteiger partial charge < -0.3 is 10.6 Å². The van der Waals surface area contributed by atoms with Crippen LogP contribution in [0.15, 0.2) is 12.3 Å². The molecule has 17 heavy (non-hydrogen) atoms. The first-order valence-corrected chi connectivity index (χ1v) is 5.89. The highest BCUT2D eigenvalue weighted by Gasteiger charge is 2.42. The molecule has 0 saturated carbocycles. The van der Waals surface area contributed by atoms with E-state index < -0.39 is 6.04 Å². The van der Waals surface area contributed by atoms with Gasteiger partial charge in [-0.1, -0.05) is 0 Å². The Kier molecular flexibility index (Phi) is 2.89. The van der Waals surface area contributed by atoms with E-state index >= 15 is 0 Å². The van der Waals surface area contributed by atoms with Crippen molar-refractivity contribution in [3.63, 3.8) is 0 Å². The molecule has 1 fully saturated rings. The van der Waals surface area contributed by atoms with Crippen LogP contribution in [-0.4, -0.2) is 39.6 Å². The van der Waals surface area contributed by atoms with E-state index in [0.717, 1.165) is 0 Å². The highest BCUT2D eigenvalue weighted by atomic mass is 16.2. The molecule has 2 unspecified atom stereocenters. The normalized spacial score (nSPS) is 33.9. The van der Waals surface area contributed by atoms with Crippen LogP contribution in [0.1, 0.15) is 27.7 Å². The second-order valence-electron chi connectivity index (χ2n) is 5.60. The standard InChI is InChI=1S/C11H21N5O/c1-7-5-6-15(7)9-8(12)10(17)16(14-13-9)11(2,3)4/h5-9,13-14H,12H2,1-4H3/t7-,8?,9?/m1/s1. The maximum Gasteiger partial charge on any atom is 0.258 e. The second-order valence-corrected chi connectivity index (χ2v) is 5.60. The molecular weight excluding hydrogens is 218 g/mol. The summed E-state index contributed by atoms with van der Waals surface area (Å²) in [5.41, 5.74) is 11.7. The number of carbonyl (C=O) groups is 1. The van der Waals surface area contributed by atoms with Crippen molar-refractivity contribution in [2.75, 3.05) is 0 Å². The van der Waals surface area contributed by atoms with E-state index in [1.54, 1.807) is 5.01 Å². The quantitative estimate of drug-likeness (QED) is 0.576. The number of hydrazine groups is 2. The van der Waals surface area contributed by atoms with Gasteiger partial charge in [-0.25, -0.2) is 5.43 Å². The van der Waals surface area contributed by atoms with Crippen LogP contribution < -0.4 is 16.7 Å². The van der Waals surface area contributed by atoms with Gasteiger partial charge in [-0.3, -0.25) is 9.80 Å². The fraction of sp³-hybridized carbons (Fsp3) is 0.727. The average molecular weight is 239 g/mol. The van der Waals surface area contributed by atoms with E-state index in [-0.39, 0.29) is 17.6 Å². The van der Waals surface area contributed by atoms with Gasteiger partial charge in [0.05, 0.1) is 5.54 Å². The Labute approximate surface area is 102 Å². The Bertz CT molecular complexity index is 348. The van der Waals surface area contributed by atoms with E-state index in [9.17, 15) is 4.79 Å². The summed E-state index contributed by atoms with van der Waals surface area (Å²) in [6.07, 6.45) is 3.82. The topological polar surface area (TPSA) is 73.6 Å². The molecule has 6 heteroatoms. The molecule has 0 aromatic carbocycles. The van der Waals surface area contributed by atoms with Gasteiger partial charge in [0.1, 0.15) is 12.2 Å². The third-order valence-corrected chi connectivity index (χ3v) is 3.17. The summed E-state index contributed by atoms with van der Waals surface area (Å²) in [6, 6.07) is -0.253. The zero-order valence-electron chi connectivity index (χ0n) is 10.8. The molecule has 0 aromatic rings. The van der Waals surface area contributed by atoms with Crippen molar-refractivity contribution in [3.05, 3.63) is 12.3 Å². The Morgan fingerprint density at radius 3 is 2.47 bits per heavy atom. The lowest BCUT2D eigenvalue weighted by atomic mass is 10.0. The van der Waals surface area contributed by atoms with Gasteiger partial charge in [0.2, 0.25) is 0 Å². The fourth-order valence-electron chi connectivity index (χ4n) is 2.02. The molecular formula is C11H21N5O. The number of hydrogen-bond acceptors (Lipinski definition) is 5. The van der Waals surface area contributed by atoms with Crippen molar-refractivity contribution < 1.29 is 4.79 Å². The van der Waals surface area contributed by atoms with Crippen molar-refractivity contribution in [2.45, 2.75) is 51.5 Å². The SMILES string of the molecule is C[C@@H]1C=CN1C1NNN(C(C)(C)C)C(=O)C1N. The minimum Gasteiger partial charge on any atom is -0.353 e. The number of hydrogen-bond donors (Lipinski definition) is 3. The first-order chi connectivity index (χ1) is 7.82. The van der Waals surface area contributed by atoms with Gasteiger partial charge in [0.25, 0.3) is 5.91 Å². The predicted octanol–water partition coefficient (Wildman–Crippen LogP) is -0.492. The Hall–Kier alpha value is -1.11. The molecule has 0 bridgehead atoms. The Morgan fingerprint density at radius 1 is 1.41 bits per heavy atom. The number of nitrogens with zero attached hydrogens (tertiary/aromatic N) is 2. The second kappa shape index (κ2) is 3.97. The highest BCUT2D eigenvalue weighted by Crippen LogP contribution is 2.21. The van der Waals surface area contributed by atoms with Crippen LogP contribution in [-0.2, 0) is 4.79 Å². The van der Waals surface area contributed by atoms with Crippen molar-refractivity contribution in [1.29, 1.82) is 0 Å². The summed E-state index contributed by atoms with van der Waals surface area (Å²) in [6.45, 7) is 7.94. The first kappa shape index (κ1) is 12.3. The molecule has 0 spiro atoms. The summed E-state index contributed by atoms with van der Waals surface area (Å²) in [5, 5.41) is 1.54. The van der Waals surface area contributed by atoms with E-state index in [1.165, 1.54) is 0 Å². The molecule has 2 aliphatic rings. The van der Waals surface area contributed by atoms with Gasteiger partial charge in [-0.15, -0.1) is 0 Å². The zero-order valence-corrected chi connectivity index (χ0v) is 10.8. The highest BCUT2D eigenvalue weighted by molar-refractivity contribution is 5.83. The molecule has 6 nitrogen and oxygen atoms in total. The molecule has 0 aromatic heterocycles. The largest absolute Gasteiger partial charge is 0.353 e. The monoisotopic (exact) mass is 239 g/mol. The number of nitrogens with one attached hydrogen (secondary N) is 2. The lowest BCUT2D eigenvalue weighted by Crippen LogP contribution is -2.76. The summed E-state index contributed by atoms with van der Waals surface area (Å²) in [4.78, 5) is 14.2. The minimum absolute atomic E-state index is 0.0891. The Morgan fingerprint density at radius 2 is 2.06 bits per heavy atom. The lowest BCUT2D eigenvalue weighted by Gasteiger charge is -2.49. The molecule has 2 aliphatic heterocycles. The predicted molar refractivity (Wildman–Crippen MR) is 65.1 cm³/mol. The van der Waals surface area contributed by atoms with Crippen molar-refractivity contribution in [1.82, 2.24) is 20.9 Å². The van der Waals surface area contributed by atoms with Gasteiger partial charge in [0.15, 0.2) is 0 Å². The van der Waals surface area contributed by atoms with Crippen molar-refractivity contribution in [3.8, 4) is 0 Å². The summed E-state index contributed by atoms with van der Waals surface area (Å²) in [5.74, 6) is -0.0891. The number of nitrogens with two attached hydrogens (primary N) is 1. The van der Waals surface area contributed by atoms with Crippen LogP contribution in [0.4, 0.5) is 0 Å². The molecule has 96 valence electrons. The third-order valence-electron chi connectivity index (χ3n) is 3.17. The summed E-state index contributed by atoms with van der Waals surface area (Å²) < 4.78 is 0. The van der Waals surface area contributed by atoms with Gasteiger partial charge in [-0.05, 0) is 40.0 Å². The first-order valence-electron chi connectivity index (χ1n) is 5.89. The van der Waals surface area contributed by atoms with Crippen LogP contribution >= 0.6 is 0 Å². The maximum atomic E-state index is 12.2. The smallest absolute Gasteiger partial charge is 0.258 e. The lowest BCUT2D eigenvalue weighted by molar-refractivity contribution is -0.154. The molecule has 0 aliphatic carbocycles. The van der Waals surface area contributed by atoms with Crippen LogP contribution in [0, 0.1) is 0 Å². The van der Waals surface area contributed by atoms with Crippen LogP contribution in [0.5, 0.6) is 0 Å². The van der Waals surface area contributed by atoms with Crippen LogP contribution in [0.2, 0.25) is 0 Å². The van der Waals surface area contributed by atoms with Crippen LogP contribution in [0.25, 0.3) is 0 Å². The number of amides is 1. The van der Waals surface area contributed by atoms with E-state index in [1.807, 2.05) is 31.9 Å². The Balaban J connectivity index is 2.09. The van der Waals surface area contributed by atoms with E-state index in [0.29, 0.717) is 6.04 Å². The minimum atomic E-state index is -0.567. The summed E-state index contributed by atoms with van der Waals surface area (Å²) in [7, 11) is 0. The van der Waals surface area contributed by atoms with Crippen molar-refractivity contribution >= 4 is 5.91 Å². The van der Waals surface area contributed by atoms with Gasteiger partial charge in [0, 0.05) is 6.04 Å². The van der Waals surface area contributed by atoms with E-state index in [2.05, 4.69) is 24.0 Å². The van der Waals surface area contributed by atoms with Gasteiger partial charge >= 0.3 is 0 Å². The fourth-order valence-corrected chi connectivity index (χ4v) is 2.02. The molecule has 1 amide bonds. The molecule has 4 N–H and O–H groups in total. The zero-order chi connectivity index (χ0) is 12.8. The van der Waals surface area contributed by atoms with E-state index in [4.69, 9.17) is 5.73 Å². The van der Waals surface area contributed by atoms with Crippen LogP contribution in [0.3, 0.4) is 0 Å². The third kappa shape index (κ3) is 2.03. The summed E-state index contributed by atoms with van der Waals surface area (Å²) >= 11 is 0. The average Bonchev–Trinajstić information content (AvgIpc) is 2.21. The van der Waals surface area contributed by atoms with Gasteiger partial charge in [-0.2, -0.15) is 5.53 Å². The molecule has 1 saturated heterocycles. The molecule has 2 rings (SSSR count). The maximum absolute atomic E-state index is 12.2. The molecule has 0 radical (unpaired) electrons. The number of carbonyl (C=O) groups excluding carboxylic acids is 1. The molecule has 2 heterocycles. The number of rotatable bonds is 1. The molecule has 3 atom stereocenters.